The Morgan fingerprint density at radius 3 is 2.24 bits per heavy atom. The molecule has 0 N–H and O–H groups in total. The van der Waals surface area contributed by atoms with Gasteiger partial charge in [-0.3, -0.25) is 14.4 Å². The number of aryl methyl sites for hydroxylation is 1. The number of hydrogen-bond acceptors (Lipinski definition) is 3. The predicted molar refractivity (Wildman–Crippen MR) is 176 cm³/mol. The third kappa shape index (κ3) is 7.88. The SMILES string of the molecule is CCCC(CC1CC(=O)c2c(C)c(C(C)(C)C)cc(-c3cc(CC(C)C)ccc3CC)c2C1)C(CC)C(=O)CC(C)=O. The van der Waals surface area contributed by atoms with Crippen LogP contribution in [0.2, 0.25) is 0 Å². The maximum absolute atomic E-state index is 14.1. The summed E-state index contributed by atoms with van der Waals surface area (Å²) in [6.07, 6.45) is 6.94. The Balaban J connectivity index is 2.16. The number of hydrogen-bond donors (Lipinski definition) is 0. The summed E-state index contributed by atoms with van der Waals surface area (Å²) in [4.78, 5) is 39.0. The molecule has 3 unspecified atom stereocenters. The molecule has 0 spiro atoms. The summed E-state index contributed by atoms with van der Waals surface area (Å²) in [7, 11) is 0. The van der Waals surface area contributed by atoms with Crippen molar-refractivity contribution in [1.29, 1.82) is 0 Å². The van der Waals surface area contributed by atoms with Crippen molar-refractivity contribution in [2.45, 2.75) is 132 Å². The van der Waals surface area contributed by atoms with Crippen molar-refractivity contribution >= 4 is 17.3 Å². The van der Waals surface area contributed by atoms with Gasteiger partial charge in [0, 0.05) is 17.9 Å². The summed E-state index contributed by atoms with van der Waals surface area (Å²) in [6, 6.07) is 9.35. The van der Waals surface area contributed by atoms with Crippen LogP contribution in [-0.2, 0) is 34.3 Å². The van der Waals surface area contributed by atoms with Crippen molar-refractivity contribution in [2.24, 2.45) is 23.7 Å². The molecule has 3 atom stereocenters. The molecule has 230 valence electrons. The lowest BCUT2D eigenvalue weighted by Crippen LogP contribution is -2.30. The molecular formula is C39H56O3. The molecule has 3 heteroatoms. The number of carbonyl (C=O) groups excluding carboxylic acids is 3. The standard InChI is InChI=1S/C39H56O3/c1-11-14-30(31(13-3)36(41)18-25(6)40)19-28-21-34-33(32-20-27(17-24(4)5)15-16-29(32)12-2)23-35(39(8,9)10)26(7)38(34)37(42)22-28/h15-16,20,23-24,28,30-31H,11-14,17-19,21-22H2,1-10H3. The van der Waals surface area contributed by atoms with E-state index >= 15 is 0 Å². The van der Waals surface area contributed by atoms with Crippen LogP contribution in [0.1, 0.15) is 139 Å². The van der Waals surface area contributed by atoms with Gasteiger partial charge in [0.15, 0.2) is 5.78 Å². The first kappa shape index (κ1) is 33.9. The lowest BCUT2D eigenvalue weighted by molar-refractivity contribution is -0.129. The minimum absolute atomic E-state index is 0.0244. The highest BCUT2D eigenvalue weighted by Gasteiger charge is 2.36. The van der Waals surface area contributed by atoms with Crippen LogP contribution in [0.15, 0.2) is 24.3 Å². The van der Waals surface area contributed by atoms with Crippen molar-refractivity contribution in [3.63, 3.8) is 0 Å². The van der Waals surface area contributed by atoms with Gasteiger partial charge in [-0.05, 0) is 108 Å². The third-order valence-electron chi connectivity index (χ3n) is 9.38. The second-order valence-electron chi connectivity index (χ2n) is 14.5. The summed E-state index contributed by atoms with van der Waals surface area (Å²) >= 11 is 0. The van der Waals surface area contributed by atoms with E-state index in [0.717, 1.165) is 56.1 Å². The summed E-state index contributed by atoms with van der Waals surface area (Å²) < 4.78 is 0. The number of rotatable bonds is 13. The van der Waals surface area contributed by atoms with Crippen LogP contribution in [0.5, 0.6) is 0 Å². The van der Waals surface area contributed by atoms with E-state index in [1.54, 1.807) is 0 Å². The van der Waals surface area contributed by atoms with E-state index in [0.29, 0.717) is 12.3 Å². The van der Waals surface area contributed by atoms with Crippen LogP contribution in [0.4, 0.5) is 0 Å². The van der Waals surface area contributed by atoms with E-state index in [9.17, 15) is 14.4 Å². The molecule has 3 nitrogen and oxygen atoms in total. The Bertz CT molecular complexity index is 1290. The molecular weight excluding hydrogens is 516 g/mol. The summed E-state index contributed by atoms with van der Waals surface area (Å²) in [5.74, 6) is 1.12. The first-order chi connectivity index (χ1) is 19.7. The molecule has 0 saturated heterocycles. The van der Waals surface area contributed by atoms with Gasteiger partial charge >= 0.3 is 0 Å². The second-order valence-corrected chi connectivity index (χ2v) is 14.5. The summed E-state index contributed by atoms with van der Waals surface area (Å²) in [6.45, 7) is 21.4. The van der Waals surface area contributed by atoms with Crippen molar-refractivity contribution in [3.8, 4) is 11.1 Å². The van der Waals surface area contributed by atoms with E-state index in [2.05, 4.69) is 86.6 Å². The number of carbonyl (C=O) groups is 3. The normalized spacial score (nSPS) is 16.8. The molecule has 0 heterocycles. The van der Waals surface area contributed by atoms with Crippen LogP contribution in [-0.4, -0.2) is 17.3 Å². The van der Waals surface area contributed by atoms with Crippen LogP contribution in [0, 0.1) is 30.6 Å². The number of Topliss-reactive ketones (excluding diaryl/α,β-unsaturated/α-hetero) is 3. The predicted octanol–water partition coefficient (Wildman–Crippen LogP) is 9.85. The number of benzene rings is 2. The molecule has 0 amide bonds. The van der Waals surface area contributed by atoms with Crippen LogP contribution >= 0.6 is 0 Å². The zero-order chi connectivity index (χ0) is 31.4. The van der Waals surface area contributed by atoms with Crippen LogP contribution in [0.3, 0.4) is 0 Å². The second kappa shape index (κ2) is 14.3. The molecule has 0 fully saturated rings. The highest BCUT2D eigenvalue weighted by Crippen LogP contribution is 2.44. The molecule has 2 aromatic carbocycles. The van der Waals surface area contributed by atoms with Gasteiger partial charge in [-0.25, -0.2) is 0 Å². The van der Waals surface area contributed by atoms with Crippen molar-refractivity contribution in [1.82, 2.24) is 0 Å². The molecule has 0 aliphatic heterocycles. The quantitative estimate of drug-likeness (QED) is 0.224. The molecule has 0 aromatic heterocycles. The molecule has 1 aliphatic rings. The van der Waals surface area contributed by atoms with Crippen LogP contribution < -0.4 is 0 Å². The summed E-state index contributed by atoms with van der Waals surface area (Å²) in [5.41, 5.74) is 9.64. The lowest BCUT2D eigenvalue weighted by Gasteiger charge is -2.34. The number of fused-ring (bicyclic) bond motifs is 1. The average molecular weight is 573 g/mol. The highest BCUT2D eigenvalue weighted by atomic mass is 16.1. The minimum Gasteiger partial charge on any atom is -0.300 e. The Labute approximate surface area is 256 Å². The highest BCUT2D eigenvalue weighted by molar-refractivity contribution is 6.03. The van der Waals surface area contributed by atoms with Gasteiger partial charge in [-0.15, -0.1) is 0 Å². The average Bonchev–Trinajstić information content (AvgIpc) is 2.87. The maximum Gasteiger partial charge on any atom is 0.163 e. The van der Waals surface area contributed by atoms with Gasteiger partial charge in [-0.2, -0.15) is 0 Å². The molecule has 2 aromatic rings. The fourth-order valence-corrected chi connectivity index (χ4v) is 7.60. The minimum atomic E-state index is -0.116. The molecule has 0 saturated carbocycles. The Morgan fingerprint density at radius 1 is 1.00 bits per heavy atom. The monoisotopic (exact) mass is 572 g/mol. The maximum atomic E-state index is 14.1. The molecule has 0 radical (unpaired) electrons. The Kier molecular flexibility index (Phi) is 11.5. The third-order valence-corrected chi connectivity index (χ3v) is 9.38. The zero-order valence-electron chi connectivity index (χ0n) is 28.2. The lowest BCUT2D eigenvalue weighted by atomic mass is 9.69. The van der Waals surface area contributed by atoms with Gasteiger partial charge in [0.2, 0.25) is 0 Å². The van der Waals surface area contributed by atoms with E-state index in [-0.39, 0.29) is 46.9 Å². The Hall–Kier alpha value is -2.55. The summed E-state index contributed by atoms with van der Waals surface area (Å²) in [5, 5.41) is 0. The number of ketones is 3. The smallest absolute Gasteiger partial charge is 0.163 e. The van der Waals surface area contributed by atoms with Gasteiger partial charge in [-0.1, -0.05) is 92.5 Å². The largest absolute Gasteiger partial charge is 0.300 e. The molecule has 0 bridgehead atoms. The van der Waals surface area contributed by atoms with E-state index in [1.165, 1.54) is 40.3 Å². The van der Waals surface area contributed by atoms with E-state index < -0.39 is 0 Å². The fourth-order valence-electron chi connectivity index (χ4n) is 7.60. The van der Waals surface area contributed by atoms with Gasteiger partial charge < -0.3 is 0 Å². The van der Waals surface area contributed by atoms with Gasteiger partial charge in [0.05, 0.1) is 6.42 Å². The van der Waals surface area contributed by atoms with E-state index in [4.69, 9.17) is 0 Å². The molecule has 42 heavy (non-hydrogen) atoms. The zero-order valence-corrected chi connectivity index (χ0v) is 28.2. The first-order valence-corrected chi connectivity index (χ1v) is 16.6. The topological polar surface area (TPSA) is 51.2 Å². The Morgan fingerprint density at radius 2 is 1.69 bits per heavy atom. The van der Waals surface area contributed by atoms with Gasteiger partial charge in [0.25, 0.3) is 0 Å². The van der Waals surface area contributed by atoms with E-state index in [1.807, 2.05) is 0 Å². The van der Waals surface area contributed by atoms with Crippen molar-refractivity contribution in [2.75, 3.05) is 0 Å². The van der Waals surface area contributed by atoms with Crippen LogP contribution in [0.25, 0.3) is 11.1 Å². The molecule has 1 aliphatic carbocycles. The first-order valence-electron chi connectivity index (χ1n) is 16.6. The molecule has 3 rings (SSSR count). The van der Waals surface area contributed by atoms with Crippen molar-refractivity contribution < 1.29 is 14.4 Å². The fraction of sp³-hybridized carbons (Fsp3) is 0.615. The van der Waals surface area contributed by atoms with Gasteiger partial charge in [0.1, 0.15) is 11.6 Å². The van der Waals surface area contributed by atoms with Crippen molar-refractivity contribution in [3.05, 3.63) is 57.6 Å².